The third kappa shape index (κ3) is 4.55. The third-order valence-corrected chi connectivity index (χ3v) is 6.43. The molecule has 0 radical (unpaired) electrons. The lowest BCUT2D eigenvalue weighted by Crippen LogP contribution is -2.49. The molecule has 0 atom stereocenters. The van der Waals surface area contributed by atoms with E-state index in [0.29, 0.717) is 42.6 Å². The van der Waals surface area contributed by atoms with Gasteiger partial charge in [-0.2, -0.15) is 0 Å². The molecule has 1 aromatic heterocycles. The Bertz CT molecular complexity index is 1150. The number of carbonyl (C=O) groups excluding carboxylic acids is 1. The topological polar surface area (TPSA) is 49.3 Å². The second kappa shape index (κ2) is 8.87. The number of hydrogen-bond donors (Lipinski definition) is 0. The zero-order chi connectivity index (χ0) is 23.0. The van der Waals surface area contributed by atoms with Crippen molar-refractivity contribution in [3.8, 4) is 0 Å². The van der Waals surface area contributed by atoms with Gasteiger partial charge in [-0.1, -0.05) is 63.0 Å². The molecular weight excluding hydrogens is 443 g/mol. The number of aromatic nitrogens is 2. The number of anilines is 1. The first-order valence-corrected chi connectivity index (χ1v) is 11.7. The zero-order valence-electron chi connectivity index (χ0n) is 19.0. The molecule has 1 saturated heterocycles. The summed E-state index contributed by atoms with van der Waals surface area (Å²) in [7, 11) is 0. The molecule has 0 spiro atoms. The number of carbonyl (C=O) groups is 1. The molecule has 5 nitrogen and oxygen atoms in total. The zero-order valence-corrected chi connectivity index (χ0v) is 20.5. The molecule has 1 fully saturated rings. The molecule has 2 aromatic carbocycles. The minimum Gasteiger partial charge on any atom is -0.352 e. The summed E-state index contributed by atoms with van der Waals surface area (Å²) in [4.78, 5) is 26.5. The highest BCUT2D eigenvalue weighted by Crippen LogP contribution is 2.33. The molecule has 3 aromatic rings. The molecule has 168 valence electrons. The summed E-state index contributed by atoms with van der Waals surface area (Å²) in [6.45, 7) is 11.2. The Morgan fingerprint density at radius 2 is 1.66 bits per heavy atom. The van der Waals surface area contributed by atoms with Crippen LogP contribution in [0.25, 0.3) is 10.9 Å². The van der Waals surface area contributed by atoms with Crippen LogP contribution in [0.2, 0.25) is 10.0 Å². The lowest BCUT2D eigenvalue weighted by atomic mass is 9.86. The maximum atomic E-state index is 13.1. The van der Waals surface area contributed by atoms with Crippen molar-refractivity contribution in [1.82, 2.24) is 14.9 Å². The third-order valence-electron chi connectivity index (χ3n) is 5.93. The van der Waals surface area contributed by atoms with Crippen LogP contribution in [0.1, 0.15) is 49.4 Å². The van der Waals surface area contributed by atoms with E-state index in [1.165, 1.54) is 5.56 Å². The molecule has 0 saturated carbocycles. The molecule has 32 heavy (non-hydrogen) atoms. The van der Waals surface area contributed by atoms with E-state index < -0.39 is 0 Å². The highest BCUT2D eigenvalue weighted by molar-refractivity contribution is 6.38. The predicted octanol–water partition coefficient (Wildman–Crippen LogP) is 5.76. The van der Waals surface area contributed by atoms with Crippen LogP contribution >= 0.6 is 23.2 Å². The predicted molar refractivity (Wildman–Crippen MR) is 132 cm³/mol. The molecule has 0 bridgehead atoms. The second-order valence-corrected chi connectivity index (χ2v) is 10.1. The van der Waals surface area contributed by atoms with Crippen LogP contribution in [0.15, 0.2) is 36.4 Å². The van der Waals surface area contributed by atoms with Crippen molar-refractivity contribution in [2.75, 3.05) is 31.1 Å². The molecule has 0 N–H and O–H groups in total. The number of nitrogens with zero attached hydrogens (tertiary/aromatic N) is 4. The Kier molecular flexibility index (Phi) is 6.33. The minimum absolute atomic E-state index is 0.0661. The maximum Gasteiger partial charge on any atom is 0.253 e. The SMILES string of the molecule is CCc1nc(N2CCN(C(=O)c3ccc(C(C)(C)C)cc3)CC2)c2cc(Cl)cc(Cl)c2n1. The van der Waals surface area contributed by atoms with Gasteiger partial charge in [0.25, 0.3) is 5.91 Å². The first kappa shape index (κ1) is 22.8. The molecule has 2 heterocycles. The fourth-order valence-corrected chi connectivity index (χ4v) is 4.54. The summed E-state index contributed by atoms with van der Waals surface area (Å²) >= 11 is 12.7. The Hall–Kier alpha value is -2.37. The number of amides is 1. The largest absolute Gasteiger partial charge is 0.352 e. The average Bonchev–Trinajstić information content (AvgIpc) is 2.77. The van der Waals surface area contributed by atoms with Crippen LogP contribution in [-0.2, 0) is 11.8 Å². The summed E-state index contributed by atoms with van der Waals surface area (Å²) < 4.78 is 0. The van der Waals surface area contributed by atoms with Crippen LogP contribution < -0.4 is 4.90 Å². The van der Waals surface area contributed by atoms with Crippen LogP contribution in [-0.4, -0.2) is 47.0 Å². The van der Waals surface area contributed by atoms with E-state index in [2.05, 4.69) is 42.8 Å². The molecule has 0 unspecified atom stereocenters. The van der Waals surface area contributed by atoms with Crippen molar-refractivity contribution in [3.05, 3.63) is 63.4 Å². The van der Waals surface area contributed by atoms with Crippen molar-refractivity contribution in [3.63, 3.8) is 0 Å². The highest BCUT2D eigenvalue weighted by Gasteiger charge is 2.25. The fraction of sp³-hybridized carbons (Fsp3) is 0.400. The lowest BCUT2D eigenvalue weighted by Gasteiger charge is -2.36. The Labute approximate surface area is 199 Å². The van der Waals surface area contributed by atoms with Gasteiger partial charge in [0.2, 0.25) is 0 Å². The van der Waals surface area contributed by atoms with Crippen LogP contribution in [0.3, 0.4) is 0 Å². The van der Waals surface area contributed by atoms with Crippen molar-refractivity contribution in [1.29, 1.82) is 0 Å². The summed E-state index contributed by atoms with van der Waals surface area (Å²) in [5, 5.41) is 1.93. The molecule has 1 amide bonds. The first-order chi connectivity index (χ1) is 15.2. The molecule has 1 aliphatic heterocycles. The average molecular weight is 471 g/mol. The molecule has 0 aliphatic carbocycles. The maximum absolute atomic E-state index is 13.1. The summed E-state index contributed by atoms with van der Waals surface area (Å²) in [6.07, 6.45) is 0.713. The van der Waals surface area contributed by atoms with Crippen molar-refractivity contribution >= 4 is 45.8 Å². The van der Waals surface area contributed by atoms with Gasteiger partial charge in [0.05, 0.1) is 10.5 Å². The number of benzene rings is 2. The van der Waals surface area contributed by atoms with Gasteiger partial charge in [-0.3, -0.25) is 4.79 Å². The second-order valence-electron chi connectivity index (χ2n) is 9.21. The first-order valence-electron chi connectivity index (χ1n) is 11.0. The van der Waals surface area contributed by atoms with Gasteiger partial charge >= 0.3 is 0 Å². The summed E-state index contributed by atoms with van der Waals surface area (Å²) in [5.41, 5.74) is 2.73. The molecule has 1 aliphatic rings. The fourth-order valence-electron chi connectivity index (χ4n) is 4.00. The van der Waals surface area contributed by atoms with Gasteiger partial charge in [0.15, 0.2) is 0 Å². The van der Waals surface area contributed by atoms with Gasteiger partial charge < -0.3 is 9.80 Å². The number of hydrogen-bond acceptors (Lipinski definition) is 4. The number of aryl methyl sites for hydroxylation is 1. The summed E-state index contributed by atoms with van der Waals surface area (Å²) in [5.74, 6) is 1.64. The molecular formula is C25H28Cl2N4O. The normalized spacial score (nSPS) is 14.8. The van der Waals surface area contributed by atoms with Gasteiger partial charge in [0, 0.05) is 48.6 Å². The Balaban J connectivity index is 1.54. The van der Waals surface area contributed by atoms with E-state index in [0.717, 1.165) is 28.1 Å². The monoisotopic (exact) mass is 470 g/mol. The van der Waals surface area contributed by atoms with E-state index >= 15 is 0 Å². The van der Waals surface area contributed by atoms with Gasteiger partial charge in [-0.25, -0.2) is 9.97 Å². The molecule has 4 rings (SSSR count). The number of halogens is 2. The smallest absolute Gasteiger partial charge is 0.253 e. The highest BCUT2D eigenvalue weighted by atomic mass is 35.5. The molecule has 7 heteroatoms. The van der Waals surface area contributed by atoms with Gasteiger partial charge in [-0.15, -0.1) is 0 Å². The van der Waals surface area contributed by atoms with Crippen LogP contribution in [0.4, 0.5) is 5.82 Å². The Morgan fingerprint density at radius 3 is 2.25 bits per heavy atom. The quantitative estimate of drug-likeness (QED) is 0.488. The van der Waals surface area contributed by atoms with Gasteiger partial charge in [0.1, 0.15) is 11.6 Å². The summed E-state index contributed by atoms with van der Waals surface area (Å²) in [6, 6.07) is 11.6. The van der Waals surface area contributed by atoms with E-state index in [1.807, 2.05) is 30.0 Å². The number of piperazine rings is 1. The van der Waals surface area contributed by atoms with Crippen LogP contribution in [0.5, 0.6) is 0 Å². The number of fused-ring (bicyclic) bond motifs is 1. The van der Waals surface area contributed by atoms with Crippen molar-refractivity contribution in [2.45, 2.75) is 39.5 Å². The van der Waals surface area contributed by atoms with Crippen molar-refractivity contribution < 1.29 is 4.79 Å². The van der Waals surface area contributed by atoms with E-state index in [-0.39, 0.29) is 11.3 Å². The van der Waals surface area contributed by atoms with E-state index in [9.17, 15) is 4.79 Å². The van der Waals surface area contributed by atoms with E-state index in [1.54, 1.807) is 6.07 Å². The van der Waals surface area contributed by atoms with E-state index in [4.69, 9.17) is 28.2 Å². The minimum atomic E-state index is 0.0661. The number of rotatable bonds is 3. The van der Waals surface area contributed by atoms with Gasteiger partial charge in [-0.05, 0) is 35.2 Å². The van der Waals surface area contributed by atoms with Crippen molar-refractivity contribution in [2.24, 2.45) is 0 Å². The van der Waals surface area contributed by atoms with Crippen LogP contribution in [0, 0.1) is 0 Å². The lowest BCUT2D eigenvalue weighted by molar-refractivity contribution is 0.0746. The Morgan fingerprint density at radius 1 is 1.00 bits per heavy atom. The standard InChI is InChI=1S/C25H28Cl2N4O/c1-5-21-28-22-19(14-18(26)15-20(22)27)23(29-21)30-10-12-31(13-11-30)24(32)16-6-8-17(9-7-16)25(2,3)4/h6-9,14-15H,5,10-13H2,1-4H3.